The van der Waals surface area contributed by atoms with E-state index in [2.05, 4.69) is 21.2 Å². The van der Waals surface area contributed by atoms with Gasteiger partial charge in [-0.3, -0.25) is 0 Å². The van der Waals surface area contributed by atoms with Crippen LogP contribution in [0.2, 0.25) is 0 Å². The van der Waals surface area contributed by atoms with Gasteiger partial charge in [0.1, 0.15) is 11.6 Å². The molecule has 114 valence electrons. The molecule has 0 aliphatic carbocycles. The van der Waals surface area contributed by atoms with E-state index in [0.29, 0.717) is 6.42 Å². The van der Waals surface area contributed by atoms with Gasteiger partial charge in [-0.15, -0.1) is 0 Å². The maximum Gasteiger partial charge on any atom is 0.143 e. The minimum Gasteiger partial charge on any atom is -0.379 e. The van der Waals surface area contributed by atoms with E-state index in [-0.39, 0.29) is 28.1 Å². The molecule has 1 aromatic carbocycles. The van der Waals surface area contributed by atoms with Gasteiger partial charge >= 0.3 is 0 Å². The maximum absolute atomic E-state index is 14.0. The third kappa shape index (κ3) is 4.79. The van der Waals surface area contributed by atoms with Gasteiger partial charge in [0.2, 0.25) is 0 Å². The van der Waals surface area contributed by atoms with Crippen molar-refractivity contribution in [1.29, 1.82) is 0 Å². The Bertz CT molecular complexity index is 452. The highest BCUT2D eigenvalue weighted by molar-refractivity contribution is 9.10. The minimum atomic E-state index is -0.525. The van der Waals surface area contributed by atoms with Crippen LogP contribution in [-0.4, -0.2) is 25.3 Å². The Labute approximate surface area is 128 Å². The summed E-state index contributed by atoms with van der Waals surface area (Å²) in [5.41, 5.74) is -0.233. The molecule has 1 rings (SSSR count). The third-order valence-electron chi connectivity index (χ3n) is 3.37. The molecule has 2 nitrogen and oxygen atoms in total. The second-order valence-corrected chi connectivity index (χ2v) is 6.30. The number of nitrogens with one attached hydrogen (secondary N) is 1. The molecule has 1 N–H and O–H groups in total. The highest BCUT2D eigenvalue weighted by Crippen LogP contribution is 2.25. The Kier molecular flexibility index (Phi) is 6.55. The topological polar surface area (TPSA) is 21.3 Å². The monoisotopic (exact) mass is 349 g/mol. The molecule has 1 aromatic rings. The van der Waals surface area contributed by atoms with Crippen LogP contribution in [0.4, 0.5) is 8.78 Å². The quantitative estimate of drug-likeness (QED) is 0.749. The fraction of sp³-hybridized carbons (Fsp3) is 0.600. The van der Waals surface area contributed by atoms with Crippen molar-refractivity contribution in [2.24, 2.45) is 0 Å². The first-order chi connectivity index (χ1) is 9.30. The number of rotatable bonds is 7. The van der Waals surface area contributed by atoms with Crippen LogP contribution < -0.4 is 5.32 Å². The zero-order chi connectivity index (χ0) is 15.3. The molecule has 20 heavy (non-hydrogen) atoms. The van der Waals surface area contributed by atoms with Gasteiger partial charge in [-0.05, 0) is 61.3 Å². The SMILES string of the molecule is CCNC(Cc1c(F)ccc(Br)c1F)CC(C)(C)OC. The first kappa shape index (κ1) is 17.5. The molecule has 0 fully saturated rings. The fourth-order valence-electron chi connectivity index (χ4n) is 2.18. The number of likely N-dealkylation sites (N-methyl/N-ethyl adjacent to an activating group) is 1. The van der Waals surface area contributed by atoms with Crippen molar-refractivity contribution in [2.45, 2.75) is 45.3 Å². The van der Waals surface area contributed by atoms with E-state index in [0.717, 1.165) is 6.54 Å². The van der Waals surface area contributed by atoms with Crippen molar-refractivity contribution < 1.29 is 13.5 Å². The summed E-state index contributed by atoms with van der Waals surface area (Å²) < 4.78 is 33.5. The van der Waals surface area contributed by atoms with Crippen LogP contribution in [0.3, 0.4) is 0 Å². The number of benzene rings is 1. The molecule has 0 heterocycles. The van der Waals surface area contributed by atoms with Gasteiger partial charge in [0, 0.05) is 18.7 Å². The number of hydrogen-bond donors (Lipinski definition) is 1. The normalized spacial score (nSPS) is 13.6. The van der Waals surface area contributed by atoms with Gasteiger partial charge < -0.3 is 10.1 Å². The molecule has 0 radical (unpaired) electrons. The molecule has 0 saturated carbocycles. The van der Waals surface area contributed by atoms with Crippen LogP contribution >= 0.6 is 15.9 Å². The Morgan fingerprint density at radius 2 is 2.00 bits per heavy atom. The van der Waals surface area contributed by atoms with E-state index in [1.54, 1.807) is 7.11 Å². The first-order valence-electron chi connectivity index (χ1n) is 6.71. The molecule has 0 spiro atoms. The third-order valence-corrected chi connectivity index (χ3v) is 3.99. The smallest absolute Gasteiger partial charge is 0.143 e. The molecule has 0 bridgehead atoms. The minimum absolute atomic E-state index is 0.0479. The summed E-state index contributed by atoms with van der Waals surface area (Å²) in [6, 6.07) is 2.62. The molecule has 0 aromatic heterocycles. The molecule has 0 amide bonds. The Morgan fingerprint density at radius 1 is 1.35 bits per heavy atom. The maximum atomic E-state index is 14.0. The molecule has 0 aliphatic rings. The predicted molar refractivity (Wildman–Crippen MR) is 80.9 cm³/mol. The van der Waals surface area contributed by atoms with Crippen molar-refractivity contribution in [3.63, 3.8) is 0 Å². The summed E-state index contributed by atoms with van der Waals surface area (Å²) >= 11 is 3.10. The second kappa shape index (κ2) is 7.48. The summed E-state index contributed by atoms with van der Waals surface area (Å²) in [5, 5.41) is 3.27. The molecule has 0 saturated heterocycles. The fourth-order valence-corrected chi connectivity index (χ4v) is 2.56. The van der Waals surface area contributed by atoms with Crippen LogP contribution in [-0.2, 0) is 11.2 Å². The Balaban J connectivity index is 2.94. The first-order valence-corrected chi connectivity index (χ1v) is 7.51. The molecular formula is C15H22BrF2NO. The van der Waals surface area contributed by atoms with E-state index in [9.17, 15) is 8.78 Å². The molecule has 0 aliphatic heterocycles. The van der Waals surface area contributed by atoms with E-state index in [1.807, 2.05) is 20.8 Å². The summed E-state index contributed by atoms with van der Waals surface area (Å²) in [7, 11) is 1.64. The molecule has 1 atom stereocenters. The van der Waals surface area contributed by atoms with Crippen LogP contribution in [0.25, 0.3) is 0 Å². The van der Waals surface area contributed by atoms with Crippen LogP contribution in [0.1, 0.15) is 32.8 Å². The highest BCUT2D eigenvalue weighted by Gasteiger charge is 2.25. The largest absolute Gasteiger partial charge is 0.379 e. The highest BCUT2D eigenvalue weighted by atomic mass is 79.9. The summed E-state index contributed by atoms with van der Waals surface area (Å²) in [6.07, 6.45) is 0.959. The predicted octanol–water partition coefficient (Wildman–Crippen LogP) is 4.06. The molecular weight excluding hydrogens is 328 g/mol. The van der Waals surface area contributed by atoms with Crippen LogP contribution in [0.15, 0.2) is 16.6 Å². The lowest BCUT2D eigenvalue weighted by atomic mass is 9.93. The number of ether oxygens (including phenoxy) is 1. The number of methoxy groups -OCH3 is 1. The van der Waals surface area contributed by atoms with E-state index < -0.39 is 11.6 Å². The van der Waals surface area contributed by atoms with Gasteiger partial charge in [-0.1, -0.05) is 6.92 Å². The lowest BCUT2D eigenvalue weighted by Gasteiger charge is -2.29. The van der Waals surface area contributed by atoms with Crippen molar-refractivity contribution >= 4 is 15.9 Å². The number of halogens is 3. The van der Waals surface area contributed by atoms with Crippen molar-refractivity contribution in [1.82, 2.24) is 5.32 Å². The summed E-state index contributed by atoms with van der Waals surface area (Å²) in [4.78, 5) is 0. The Hall–Kier alpha value is -0.520. The van der Waals surface area contributed by atoms with Crippen LogP contribution in [0, 0.1) is 11.6 Å². The Morgan fingerprint density at radius 3 is 2.55 bits per heavy atom. The van der Waals surface area contributed by atoms with E-state index in [4.69, 9.17) is 4.74 Å². The average molecular weight is 350 g/mol. The summed E-state index contributed by atoms with van der Waals surface area (Å²) in [6.45, 7) is 6.64. The van der Waals surface area contributed by atoms with Gasteiger partial charge in [-0.2, -0.15) is 0 Å². The number of hydrogen-bond acceptors (Lipinski definition) is 2. The van der Waals surface area contributed by atoms with E-state index >= 15 is 0 Å². The summed E-state index contributed by atoms with van der Waals surface area (Å²) in [5.74, 6) is -1.04. The van der Waals surface area contributed by atoms with E-state index in [1.165, 1.54) is 12.1 Å². The zero-order valence-electron chi connectivity index (χ0n) is 12.4. The van der Waals surface area contributed by atoms with Gasteiger partial charge in [0.15, 0.2) is 0 Å². The second-order valence-electron chi connectivity index (χ2n) is 5.45. The lowest BCUT2D eigenvalue weighted by molar-refractivity contribution is 0.00713. The standard InChI is InChI=1S/C15H22BrF2NO/c1-5-19-10(9-15(2,3)20-4)8-11-13(17)7-6-12(16)14(11)18/h6-7,10,19H,5,8-9H2,1-4H3. The van der Waals surface area contributed by atoms with Crippen LogP contribution in [0.5, 0.6) is 0 Å². The molecule has 5 heteroatoms. The van der Waals surface area contributed by atoms with Gasteiger partial charge in [0.05, 0.1) is 10.1 Å². The van der Waals surface area contributed by atoms with Crippen molar-refractivity contribution in [2.75, 3.05) is 13.7 Å². The average Bonchev–Trinajstić information content (AvgIpc) is 2.39. The van der Waals surface area contributed by atoms with Crippen molar-refractivity contribution in [3.8, 4) is 0 Å². The lowest BCUT2D eigenvalue weighted by Crippen LogP contribution is -2.39. The van der Waals surface area contributed by atoms with Gasteiger partial charge in [0.25, 0.3) is 0 Å². The van der Waals surface area contributed by atoms with Crippen molar-refractivity contribution in [3.05, 3.63) is 33.8 Å². The molecule has 1 unspecified atom stereocenters. The van der Waals surface area contributed by atoms with Gasteiger partial charge in [-0.25, -0.2) is 8.78 Å². The zero-order valence-corrected chi connectivity index (χ0v) is 14.0.